The third-order valence-electron chi connectivity index (χ3n) is 7.62. The standard InChI is InChI=1S/C32H65NO3/c1-3-5-7-9-11-13-15-17-19-21-23-25-27-31(35)30(29-34)33-32(36)28-26-24-22-20-18-16-14-12-10-8-6-4-2/h30-31,34-35H,3-29H2,1-2H3,(H,33,36)/t30-,31+/m0/s1. The van der Waals surface area contributed by atoms with Crippen LogP contribution in [0, 0.1) is 0 Å². The van der Waals surface area contributed by atoms with Crippen molar-refractivity contribution in [1.82, 2.24) is 5.32 Å². The maximum Gasteiger partial charge on any atom is 0.220 e. The second-order valence-corrected chi connectivity index (χ2v) is 11.2. The number of carbonyl (C=O) groups is 1. The fraction of sp³-hybridized carbons (Fsp3) is 0.969. The zero-order chi connectivity index (χ0) is 26.5. The molecule has 4 nitrogen and oxygen atoms in total. The smallest absolute Gasteiger partial charge is 0.220 e. The molecule has 0 aromatic rings. The Balaban J connectivity index is 3.57. The van der Waals surface area contributed by atoms with Crippen LogP contribution in [0.3, 0.4) is 0 Å². The molecule has 0 rings (SSSR count). The number of amides is 1. The van der Waals surface area contributed by atoms with Gasteiger partial charge in [-0.1, -0.05) is 162 Å². The fourth-order valence-corrected chi connectivity index (χ4v) is 5.06. The van der Waals surface area contributed by atoms with Gasteiger partial charge >= 0.3 is 0 Å². The zero-order valence-electron chi connectivity index (χ0n) is 24.5. The van der Waals surface area contributed by atoms with Gasteiger partial charge < -0.3 is 15.5 Å². The lowest BCUT2D eigenvalue weighted by molar-refractivity contribution is -0.123. The van der Waals surface area contributed by atoms with E-state index >= 15 is 0 Å². The van der Waals surface area contributed by atoms with Gasteiger partial charge in [0, 0.05) is 6.42 Å². The second kappa shape index (κ2) is 29.0. The lowest BCUT2D eigenvalue weighted by Crippen LogP contribution is -2.45. The Kier molecular flexibility index (Phi) is 28.5. The molecule has 216 valence electrons. The molecule has 3 N–H and O–H groups in total. The monoisotopic (exact) mass is 511 g/mol. The molecule has 2 atom stereocenters. The summed E-state index contributed by atoms with van der Waals surface area (Å²) in [4.78, 5) is 12.2. The molecule has 0 aliphatic carbocycles. The van der Waals surface area contributed by atoms with Gasteiger partial charge in [0.25, 0.3) is 0 Å². The topological polar surface area (TPSA) is 69.6 Å². The number of carbonyl (C=O) groups excluding carboxylic acids is 1. The highest BCUT2D eigenvalue weighted by atomic mass is 16.3. The van der Waals surface area contributed by atoms with Crippen LogP contribution in [0.25, 0.3) is 0 Å². The summed E-state index contributed by atoms with van der Waals surface area (Å²) in [6.45, 7) is 4.34. The van der Waals surface area contributed by atoms with Gasteiger partial charge in [-0.2, -0.15) is 0 Å². The average Bonchev–Trinajstić information content (AvgIpc) is 2.88. The molecule has 0 saturated heterocycles. The third-order valence-corrected chi connectivity index (χ3v) is 7.62. The summed E-state index contributed by atoms with van der Waals surface area (Å²) in [5.74, 6) is -0.0325. The van der Waals surface area contributed by atoms with Gasteiger partial charge in [-0.15, -0.1) is 0 Å². The molecule has 0 fully saturated rings. The van der Waals surface area contributed by atoms with Crippen molar-refractivity contribution < 1.29 is 15.0 Å². The van der Waals surface area contributed by atoms with E-state index in [4.69, 9.17) is 0 Å². The average molecular weight is 512 g/mol. The Bertz CT molecular complexity index is 443. The number of nitrogens with one attached hydrogen (secondary N) is 1. The molecule has 0 heterocycles. The van der Waals surface area contributed by atoms with Crippen molar-refractivity contribution in [2.24, 2.45) is 0 Å². The predicted octanol–water partition coefficient (Wildman–Crippen LogP) is 9.01. The van der Waals surface area contributed by atoms with E-state index in [-0.39, 0.29) is 12.5 Å². The maximum absolute atomic E-state index is 12.2. The molecule has 36 heavy (non-hydrogen) atoms. The predicted molar refractivity (Wildman–Crippen MR) is 156 cm³/mol. The number of hydrogen-bond acceptors (Lipinski definition) is 3. The van der Waals surface area contributed by atoms with Crippen LogP contribution < -0.4 is 5.32 Å². The van der Waals surface area contributed by atoms with Crippen molar-refractivity contribution in [2.45, 2.75) is 193 Å². The summed E-state index contributed by atoms with van der Waals surface area (Å²) in [5.41, 5.74) is 0. The minimum atomic E-state index is -0.649. The number of aliphatic hydroxyl groups excluding tert-OH is 2. The molecule has 0 aliphatic heterocycles. The van der Waals surface area contributed by atoms with Crippen molar-refractivity contribution in [3.8, 4) is 0 Å². The summed E-state index contributed by atoms with van der Waals surface area (Å²) >= 11 is 0. The van der Waals surface area contributed by atoms with E-state index in [1.54, 1.807) is 0 Å². The van der Waals surface area contributed by atoms with E-state index in [0.29, 0.717) is 12.8 Å². The quantitative estimate of drug-likeness (QED) is 0.0877. The van der Waals surface area contributed by atoms with Gasteiger partial charge in [0.05, 0.1) is 18.8 Å². The number of rotatable bonds is 29. The third kappa shape index (κ3) is 25.1. The molecule has 0 aliphatic rings. The van der Waals surface area contributed by atoms with E-state index in [1.807, 2.05) is 0 Å². The Hall–Kier alpha value is -0.610. The molecule has 0 bridgehead atoms. The van der Waals surface area contributed by atoms with Crippen LogP contribution in [0.2, 0.25) is 0 Å². The highest BCUT2D eigenvalue weighted by Gasteiger charge is 2.19. The van der Waals surface area contributed by atoms with Gasteiger partial charge in [0.2, 0.25) is 5.91 Å². The van der Waals surface area contributed by atoms with Crippen LogP contribution in [-0.2, 0) is 4.79 Å². The van der Waals surface area contributed by atoms with Crippen LogP contribution >= 0.6 is 0 Å². The van der Waals surface area contributed by atoms with Crippen molar-refractivity contribution in [2.75, 3.05) is 6.61 Å². The van der Waals surface area contributed by atoms with Crippen molar-refractivity contribution in [3.63, 3.8) is 0 Å². The first-order chi connectivity index (χ1) is 17.7. The SMILES string of the molecule is CCCCCCCCCCCCCCC(=O)N[C@@H](CO)[C@H](O)CCCCCCCCCCCCCC. The summed E-state index contributed by atoms with van der Waals surface area (Å²) in [6, 6.07) is -0.525. The summed E-state index contributed by atoms with van der Waals surface area (Å²) < 4.78 is 0. The Morgan fingerprint density at radius 1 is 0.556 bits per heavy atom. The van der Waals surface area contributed by atoms with E-state index in [1.165, 1.54) is 128 Å². The van der Waals surface area contributed by atoms with Crippen LogP contribution in [0.5, 0.6) is 0 Å². The first-order valence-electron chi connectivity index (χ1n) is 16.2. The molecular formula is C32H65NO3. The van der Waals surface area contributed by atoms with Crippen LogP contribution in [0.15, 0.2) is 0 Å². The summed E-state index contributed by atoms with van der Waals surface area (Å²) in [6.07, 6.45) is 31.4. The number of hydrogen-bond donors (Lipinski definition) is 3. The number of unbranched alkanes of at least 4 members (excludes halogenated alkanes) is 22. The molecule has 0 radical (unpaired) electrons. The normalized spacial score (nSPS) is 13.1. The van der Waals surface area contributed by atoms with Crippen molar-refractivity contribution in [1.29, 1.82) is 0 Å². The number of aliphatic hydroxyl groups is 2. The van der Waals surface area contributed by atoms with Gasteiger partial charge in [-0.3, -0.25) is 4.79 Å². The van der Waals surface area contributed by atoms with Crippen LogP contribution in [0.1, 0.15) is 181 Å². The molecule has 0 aromatic heterocycles. The van der Waals surface area contributed by atoms with Gasteiger partial charge in [0.15, 0.2) is 0 Å². The molecule has 0 unspecified atom stereocenters. The van der Waals surface area contributed by atoms with E-state index in [2.05, 4.69) is 19.2 Å². The minimum absolute atomic E-state index is 0.0325. The fourth-order valence-electron chi connectivity index (χ4n) is 5.06. The second-order valence-electron chi connectivity index (χ2n) is 11.2. The van der Waals surface area contributed by atoms with Crippen molar-refractivity contribution >= 4 is 5.91 Å². The first kappa shape index (κ1) is 35.4. The molecule has 0 saturated carbocycles. The molecular weight excluding hydrogens is 446 g/mol. The minimum Gasteiger partial charge on any atom is -0.394 e. The molecule has 0 aromatic carbocycles. The Morgan fingerprint density at radius 2 is 0.889 bits per heavy atom. The largest absolute Gasteiger partial charge is 0.394 e. The van der Waals surface area contributed by atoms with E-state index < -0.39 is 12.1 Å². The zero-order valence-corrected chi connectivity index (χ0v) is 24.5. The first-order valence-corrected chi connectivity index (χ1v) is 16.2. The maximum atomic E-state index is 12.2. The van der Waals surface area contributed by atoms with Gasteiger partial charge in [-0.05, 0) is 12.8 Å². The van der Waals surface area contributed by atoms with E-state index in [0.717, 1.165) is 25.7 Å². The lowest BCUT2D eigenvalue weighted by atomic mass is 10.0. The highest BCUT2D eigenvalue weighted by Crippen LogP contribution is 2.15. The Labute approximate surface area is 225 Å². The van der Waals surface area contributed by atoms with Gasteiger partial charge in [0.1, 0.15) is 0 Å². The molecule has 1 amide bonds. The summed E-state index contributed by atoms with van der Waals surface area (Å²) in [7, 11) is 0. The van der Waals surface area contributed by atoms with Crippen LogP contribution in [-0.4, -0.2) is 34.9 Å². The van der Waals surface area contributed by atoms with Gasteiger partial charge in [-0.25, -0.2) is 0 Å². The lowest BCUT2D eigenvalue weighted by Gasteiger charge is -2.22. The molecule has 0 spiro atoms. The van der Waals surface area contributed by atoms with Crippen molar-refractivity contribution in [3.05, 3.63) is 0 Å². The van der Waals surface area contributed by atoms with E-state index in [9.17, 15) is 15.0 Å². The Morgan fingerprint density at radius 3 is 1.25 bits per heavy atom. The molecule has 4 heteroatoms. The summed E-state index contributed by atoms with van der Waals surface area (Å²) in [5, 5.41) is 22.9. The highest BCUT2D eigenvalue weighted by molar-refractivity contribution is 5.76. The van der Waals surface area contributed by atoms with Crippen LogP contribution in [0.4, 0.5) is 0 Å².